The van der Waals surface area contributed by atoms with Crippen molar-refractivity contribution >= 4 is 40.5 Å². The van der Waals surface area contributed by atoms with Gasteiger partial charge in [-0.25, -0.2) is 0 Å². The zero-order chi connectivity index (χ0) is 15.5. The van der Waals surface area contributed by atoms with Crippen molar-refractivity contribution in [3.63, 3.8) is 0 Å². The predicted molar refractivity (Wildman–Crippen MR) is 95.4 cm³/mol. The van der Waals surface area contributed by atoms with Crippen molar-refractivity contribution < 1.29 is 0 Å². The zero-order valence-electron chi connectivity index (χ0n) is 12.1. The van der Waals surface area contributed by atoms with E-state index >= 15 is 0 Å². The minimum atomic E-state index is 0.608. The molecule has 0 aliphatic carbocycles. The lowest BCUT2D eigenvalue weighted by Crippen LogP contribution is -2.45. The van der Waals surface area contributed by atoms with E-state index in [4.69, 9.17) is 34.8 Å². The minimum absolute atomic E-state index is 0.608. The van der Waals surface area contributed by atoms with E-state index in [0.29, 0.717) is 10.0 Å². The number of anilines is 1. The lowest BCUT2D eigenvalue weighted by atomic mass is 10.2. The summed E-state index contributed by atoms with van der Waals surface area (Å²) in [5.41, 5.74) is 2.40. The normalized spacial score (nSPS) is 16.0. The van der Waals surface area contributed by atoms with E-state index in [2.05, 4.69) is 15.9 Å². The van der Waals surface area contributed by atoms with Gasteiger partial charge in [0, 0.05) is 43.4 Å². The van der Waals surface area contributed by atoms with Crippen LogP contribution in [-0.2, 0) is 6.54 Å². The molecule has 22 heavy (non-hydrogen) atoms. The molecule has 3 rings (SSSR count). The standard InChI is InChI=1S/C17H17Cl3N2/c18-14-2-1-3-15(11-14)22-8-6-21(7-9-22)12-13-4-5-16(19)17(20)10-13/h1-5,10-11H,6-9,12H2. The first-order valence-corrected chi connectivity index (χ1v) is 8.42. The van der Waals surface area contributed by atoms with Crippen molar-refractivity contribution in [1.29, 1.82) is 0 Å². The number of nitrogens with zero attached hydrogens (tertiary/aromatic N) is 2. The number of benzene rings is 2. The SMILES string of the molecule is Clc1cccc(N2CCN(Cc3ccc(Cl)c(Cl)c3)CC2)c1. The molecular weight excluding hydrogens is 339 g/mol. The fourth-order valence-electron chi connectivity index (χ4n) is 2.73. The molecule has 0 aromatic heterocycles. The highest BCUT2D eigenvalue weighted by atomic mass is 35.5. The fourth-order valence-corrected chi connectivity index (χ4v) is 3.24. The van der Waals surface area contributed by atoms with Gasteiger partial charge >= 0.3 is 0 Å². The van der Waals surface area contributed by atoms with Gasteiger partial charge in [-0.3, -0.25) is 4.90 Å². The number of hydrogen-bond donors (Lipinski definition) is 0. The zero-order valence-corrected chi connectivity index (χ0v) is 14.4. The van der Waals surface area contributed by atoms with Crippen LogP contribution >= 0.6 is 34.8 Å². The monoisotopic (exact) mass is 354 g/mol. The molecule has 0 bridgehead atoms. The van der Waals surface area contributed by atoms with E-state index < -0.39 is 0 Å². The topological polar surface area (TPSA) is 6.48 Å². The molecule has 1 heterocycles. The number of hydrogen-bond acceptors (Lipinski definition) is 2. The lowest BCUT2D eigenvalue weighted by Gasteiger charge is -2.36. The number of halogens is 3. The van der Waals surface area contributed by atoms with Crippen LogP contribution in [0, 0.1) is 0 Å². The maximum absolute atomic E-state index is 6.08. The third-order valence-electron chi connectivity index (χ3n) is 3.94. The summed E-state index contributed by atoms with van der Waals surface area (Å²) >= 11 is 18.1. The van der Waals surface area contributed by atoms with E-state index in [0.717, 1.165) is 37.7 Å². The van der Waals surface area contributed by atoms with Gasteiger partial charge in [0.15, 0.2) is 0 Å². The molecule has 116 valence electrons. The van der Waals surface area contributed by atoms with Crippen molar-refractivity contribution in [2.24, 2.45) is 0 Å². The number of rotatable bonds is 3. The number of piperazine rings is 1. The fraction of sp³-hybridized carbons (Fsp3) is 0.294. The molecule has 1 saturated heterocycles. The highest BCUT2D eigenvalue weighted by Crippen LogP contribution is 2.24. The minimum Gasteiger partial charge on any atom is -0.369 e. The van der Waals surface area contributed by atoms with Crippen molar-refractivity contribution in [2.45, 2.75) is 6.54 Å². The summed E-state index contributed by atoms with van der Waals surface area (Å²) in [5.74, 6) is 0. The molecule has 2 aromatic rings. The summed E-state index contributed by atoms with van der Waals surface area (Å²) < 4.78 is 0. The first-order valence-electron chi connectivity index (χ1n) is 7.28. The van der Waals surface area contributed by atoms with Crippen LogP contribution in [0.1, 0.15) is 5.56 Å². The molecule has 0 N–H and O–H groups in total. The summed E-state index contributed by atoms with van der Waals surface area (Å²) in [7, 11) is 0. The lowest BCUT2D eigenvalue weighted by molar-refractivity contribution is 0.250. The van der Waals surface area contributed by atoms with Crippen molar-refractivity contribution in [2.75, 3.05) is 31.1 Å². The van der Waals surface area contributed by atoms with Crippen LogP contribution in [0.3, 0.4) is 0 Å². The van der Waals surface area contributed by atoms with Gasteiger partial charge in [0.25, 0.3) is 0 Å². The third kappa shape index (κ3) is 3.88. The summed E-state index contributed by atoms with van der Waals surface area (Å²) in [6.07, 6.45) is 0. The van der Waals surface area contributed by atoms with E-state index in [9.17, 15) is 0 Å². The molecule has 0 amide bonds. The second-order valence-corrected chi connectivity index (χ2v) is 6.74. The Kier molecular flexibility index (Phi) is 5.14. The average molecular weight is 356 g/mol. The Balaban J connectivity index is 1.58. The van der Waals surface area contributed by atoms with E-state index in [1.807, 2.05) is 36.4 Å². The molecule has 1 fully saturated rings. The molecule has 5 heteroatoms. The Morgan fingerprint density at radius 2 is 1.59 bits per heavy atom. The van der Waals surface area contributed by atoms with Gasteiger partial charge in [0.05, 0.1) is 10.0 Å². The molecule has 2 aromatic carbocycles. The summed E-state index contributed by atoms with van der Waals surface area (Å²) in [6, 6.07) is 13.9. The summed E-state index contributed by atoms with van der Waals surface area (Å²) in [4.78, 5) is 4.80. The smallest absolute Gasteiger partial charge is 0.0595 e. The van der Waals surface area contributed by atoms with Crippen LogP contribution in [0.25, 0.3) is 0 Å². The van der Waals surface area contributed by atoms with Gasteiger partial charge in [-0.1, -0.05) is 46.9 Å². The highest BCUT2D eigenvalue weighted by molar-refractivity contribution is 6.42. The second-order valence-electron chi connectivity index (χ2n) is 5.49. The van der Waals surface area contributed by atoms with E-state index in [1.165, 1.54) is 11.3 Å². The van der Waals surface area contributed by atoms with Gasteiger partial charge < -0.3 is 4.90 Å². The van der Waals surface area contributed by atoms with Crippen LogP contribution in [0.5, 0.6) is 0 Å². The maximum atomic E-state index is 6.08. The van der Waals surface area contributed by atoms with Crippen LogP contribution in [0.2, 0.25) is 15.1 Å². The molecule has 0 radical (unpaired) electrons. The van der Waals surface area contributed by atoms with E-state index in [-0.39, 0.29) is 0 Å². The van der Waals surface area contributed by atoms with Gasteiger partial charge in [-0.15, -0.1) is 0 Å². The molecule has 0 atom stereocenters. The Morgan fingerprint density at radius 3 is 2.27 bits per heavy atom. The Morgan fingerprint density at radius 1 is 0.818 bits per heavy atom. The van der Waals surface area contributed by atoms with Crippen LogP contribution in [0.15, 0.2) is 42.5 Å². The summed E-state index contributed by atoms with van der Waals surface area (Å²) in [5, 5.41) is 2.02. The quantitative estimate of drug-likeness (QED) is 0.767. The summed E-state index contributed by atoms with van der Waals surface area (Å²) in [6.45, 7) is 4.95. The van der Waals surface area contributed by atoms with Crippen molar-refractivity contribution in [1.82, 2.24) is 4.90 Å². The molecule has 1 aliphatic heterocycles. The van der Waals surface area contributed by atoms with Crippen molar-refractivity contribution in [3.05, 3.63) is 63.1 Å². The Labute approximate surface area is 146 Å². The molecule has 0 unspecified atom stereocenters. The molecular formula is C17H17Cl3N2. The van der Waals surface area contributed by atoms with Gasteiger partial charge in [-0.05, 0) is 35.9 Å². The van der Waals surface area contributed by atoms with Crippen LogP contribution in [-0.4, -0.2) is 31.1 Å². The Hall–Kier alpha value is -0.930. The molecule has 1 aliphatic rings. The molecule has 0 saturated carbocycles. The first kappa shape index (κ1) is 15.9. The predicted octanol–water partition coefficient (Wildman–Crippen LogP) is 4.97. The Bertz CT molecular complexity index is 652. The first-order chi connectivity index (χ1) is 10.6. The maximum Gasteiger partial charge on any atom is 0.0595 e. The van der Waals surface area contributed by atoms with Crippen LogP contribution < -0.4 is 4.90 Å². The van der Waals surface area contributed by atoms with Gasteiger partial charge in [-0.2, -0.15) is 0 Å². The second kappa shape index (κ2) is 7.10. The van der Waals surface area contributed by atoms with Gasteiger partial charge in [0.2, 0.25) is 0 Å². The van der Waals surface area contributed by atoms with Gasteiger partial charge in [0.1, 0.15) is 0 Å². The van der Waals surface area contributed by atoms with Crippen molar-refractivity contribution in [3.8, 4) is 0 Å². The average Bonchev–Trinajstić information content (AvgIpc) is 2.52. The third-order valence-corrected chi connectivity index (χ3v) is 4.91. The molecule has 0 spiro atoms. The van der Waals surface area contributed by atoms with E-state index in [1.54, 1.807) is 0 Å². The molecule has 2 nitrogen and oxygen atoms in total. The largest absolute Gasteiger partial charge is 0.369 e. The highest BCUT2D eigenvalue weighted by Gasteiger charge is 2.17. The van der Waals surface area contributed by atoms with Crippen LogP contribution in [0.4, 0.5) is 5.69 Å².